The lowest BCUT2D eigenvalue weighted by atomic mass is 10.2. The number of aromatic nitrogens is 1. The van der Waals surface area contributed by atoms with Crippen LogP contribution in [-0.2, 0) is 6.54 Å². The van der Waals surface area contributed by atoms with Gasteiger partial charge in [0.05, 0.1) is 24.0 Å². The fourth-order valence-corrected chi connectivity index (χ4v) is 1.72. The van der Waals surface area contributed by atoms with E-state index in [2.05, 4.69) is 10.3 Å². The lowest BCUT2D eigenvalue weighted by Gasteiger charge is -2.09. The second kappa shape index (κ2) is 5.60. The van der Waals surface area contributed by atoms with Gasteiger partial charge in [-0.25, -0.2) is 0 Å². The van der Waals surface area contributed by atoms with Gasteiger partial charge in [0.1, 0.15) is 0 Å². The third-order valence-corrected chi connectivity index (χ3v) is 2.82. The summed E-state index contributed by atoms with van der Waals surface area (Å²) in [4.78, 5) is 3.99. The van der Waals surface area contributed by atoms with Gasteiger partial charge in [0.25, 0.3) is 0 Å². The van der Waals surface area contributed by atoms with Gasteiger partial charge < -0.3 is 15.2 Å². The Labute approximate surface area is 110 Å². The first-order chi connectivity index (χ1) is 8.70. The molecule has 1 aromatic heterocycles. The molecule has 0 unspecified atom stereocenters. The molecule has 0 radical (unpaired) electrons. The smallest absolute Gasteiger partial charge is 0.160 e. The van der Waals surface area contributed by atoms with Crippen LogP contribution in [0.3, 0.4) is 0 Å². The van der Waals surface area contributed by atoms with Crippen LogP contribution >= 0.6 is 11.6 Å². The molecule has 4 nitrogen and oxygen atoms in total. The number of benzene rings is 1. The number of methoxy groups -OCH3 is 1. The average molecular weight is 265 g/mol. The number of ether oxygens (including phenoxy) is 1. The van der Waals surface area contributed by atoms with Crippen LogP contribution < -0.4 is 10.1 Å². The van der Waals surface area contributed by atoms with E-state index in [9.17, 15) is 5.11 Å². The molecule has 18 heavy (non-hydrogen) atoms. The quantitative estimate of drug-likeness (QED) is 0.891. The van der Waals surface area contributed by atoms with Crippen LogP contribution in [0.2, 0.25) is 5.02 Å². The van der Waals surface area contributed by atoms with E-state index in [1.54, 1.807) is 30.6 Å². The van der Waals surface area contributed by atoms with Crippen LogP contribution in [0, 0.1) is 0 Å². The topological polar surface area (TPSA) is 54.4 Å². The summed E-state index contributed by atoms with van der Waals surface area (Å²) in [7, 11) is 1.52. The van der Waals surface area contributed by atoms with Crippen molar-refractivity contribution in [3.63, 3.8) is 0 Å². The Morgan fingerprint density at radius 1 is 1.39 bits per heavy atom. The van der Waals surface area contributed by atoms with Gasteiger partial charge in [-0.1, -0.05) is 17.7 Å². The van der Waals surface area contributed by atoms with Crippen LogP contribution in [0.5, 0.6) is 11.5 Å². The molecule has 1 aromatic carbocycles. The molecule has 2 N–H and O–H groups in total. The SMILES string of the molecule is COc1ccc(CNc2cnccc2Cl)cc1O. The zero-order valence-electron chi connectivity index (χ0n) is 9.85. The maximum Gasteiger partial charge on any atom is 0.160 e. The van der Waals surface area contributed by atoms with E-state index in [1.807, 2.05) is 6.07 Å². The summed E-state index contributed by atoms with van der Waals surface area (Å²) in [5, 5.41) is 13.4. The van der Waals surface area contributed by atoms with Gasteiger partial charge in [-0.3, -0.25) is 4.98 Å². The summed E-state index contributed by atoms with van der Waals surface area (Å²) >= 11 is 6.00. The molecule has 0 bridgehead atoms. The summed E-state index contributed by atoms with van der Waals surface area (Å²) in [6, 6.07) is 6.96. The largest absolute Gasteiger partial charge is 0.504 e. The van der Waals surface area contributed by atoms with Gasteiger partial charge in [-0.2, -0.15) is 0 Å². The minimum absolute atomic E-state index is 0.120. The monoisotopic (exact) mass is 264 g/mol. The predicted molar refractivity (Wildman–Crippen MR) is 71.2 cm³/mol. The summed E-state index contributed by atoms with van der Waals surface area (Å²) in [6.07, 6.45) is 3.29. The van der Waals surface area contributed by atoms with Crippen molar-refractivity contribution in [2.75, 3.05) is 12.4 Å². The number of nitrogens with one attached hydrogen (secondary N) is 1. The third-order valence-electron chi connectivity index (χ3n) is 2.49. The number of hydrogen-bond acceptors (Lipinski definition) is 4. The number of nitrogens with zero attached hydrogens (tertiary/aromatic N) is 1. The van der Waals surface area contributed by atoms with Crippen molar-refractivity contribution in [3.05, 3.63) is 47.2 Å². The van der Waals surface area contributed by atoms with Crippen molar-refractivity contribution in [2.24, 2.45) is 0 Å². The normalized spacial score (nSPS) is 10.1. The average Bonchev–Trinajstić information content (AvgIpc) is 2.38. The third kappa shape index (κ3) is 2.84. The van der Waals surface area contributed by atoms with E-state index in [1.165, 1.54) is 7.11 Å². The molecule has 0 saturated carbocycles. The van der Waals surface area contributed by atoms with Gasteiger partial charge >= 0.3 is 0 Å². The highest BCUT2D eigenvalue weighted by atomic mass is 35.5. The molecule has 94 valence electrons. The highest BCUT2D eigenvalue weighted by Crippen LogP contribution is 2.27. The summed E-state index contributed by atoms with van der Waals surface area (Å²) in [5.74, 6) is 0.576. The number of phenolic OH excluding ortho intramolecular Hbond substituents is 1. The van der Waals surface area contributed by atoms with Crippen LogP contribution in [0.25, 0.3) is 0 Å². The standard InChI is InChI=1S/C13H13ClN2O2/c1-18-13-3-2-9(6-12(13)17)7-16-11-8-15-5-4-10(11)14/h2-6,8,16-17H,7H2,1H3. The van der Waals surface area contributed by atoms with Crippen molar-refractivity contribution in [1.29, 1.82) is 0 Å². The molecule has 0 fully saturated rings. The molecule has 0 amide bonds. The molecule has 0 spiro atoms. The zero-order chi connectivity index (χ0) is 13.0. The van der Waals surface area contributed by atoms with Crippen molar-refractivity contribution in [2.45, 2.75) is 6.54 Å². The fourth-order valence-electron chi connectivity index (χ4n) is 1.55. The minimum Gasteiger partial charge on any atom is -0.504 e. The maximum atomic E-state index is 9.65. The Kier molecular flexibility index (Phi) is 3.89. The van der Waals surface area contributed by atoms with Crippen molar-refractivity contribution in [1.82, 2.24) is 4.98 Å². The first-order valence-electron chi connectivity index (χ1n) is 5.40. The number of aromatic hydroxyl groups is 1. The maximum absolute atomic E-state index is 9.65. The van der Waals surface area contributed by atoms with E-state index in [-0.39, 0.29) is 5.75 Å². The molecule has 0 saturated heterocycles. The fraction of sp³-hybridized carbons (Fsp3) is 0.154. The van der Waals surface area contributed by atoms with Gasteiger partial charge in [-0.15, -0.1) is 0 Å². The minimum atomic E-state index is 0.120. The van der Waals surface area contributed by atoms with E-state index in [0.29, 0.717) is 17.3 Å². The van der Waals surface area contributed by atoms with E-state index in [4.69, 9.17) is 16.3 Å². The summed E-state index contributed by atoms with van der Waals surface area (Å²) in [5.41, 5.74) is 1.68. The lowest BCUT2D eigenvalue weighted by Crippen LogP contribution is -2.00. The van der Waals surface area contributed by atoms with Crippen LogP contribution in [0.15, 0.2) is 36.7 Å². The predicted octanol–water partition coefficient (Wildman–Crippen LogP) is 3.06. The van der Waals surface area contributed by atoms with E-state index < -0.39 is 0 Å². The molecule has 0 aliphatic heterocycles. The lowest BCUT2D eigenvalue weighted by molar-refractivity contribution is 0.373. The molecule has 0 atom stereocenters. The van der Waals surface area contributed by atoms with Crippen molar-refractivity contribution >= 4 is 17.3 Å². The van der Waals surface area contributed by atoms with Gasteiger partial charge in [0.15, 0.2) is 11.5 Å². The Balaban J connectivity index is 2.07. The molecule has 0 aliphatic rings. The Morgan fingerprint density at radius 2 is 2.22 bits per heavy atom. The van der Waals surface area contributed by atoms with E-state index in [0.717, 1.165) is 11.3 Å². The highest BCUT2D eigenvalue weighted by molar-refractivity contribution is 6.33. The number of phenols is 1. The Bertz CT molecular complexity index is 546. The van der Waals surface area contributed by atoms with Crippen LogP contribution in [-0.4, -0.2) is 17.2 Å². The van der Waals surface area contributed by atoms with Gasteiger partial charge in [-0.05, 0) is 23.8 Å². The molecule has 2 aromatic rings. The molecule has 5 heteroatoms. The van der Waals surface area contributed by atoms with Gasteiger partial charge in [0.2, 0.25) is 0 Å². The molecule has 1 heterocycles. The van der Waals surface area contributed by atoms with Crippen LogP contribution in [0.1, 0.15) is 5.56 Å². The molecular formula is C13H13ClN2O2. The number of rotatable bonds is 4. The number of hydrogen-bond donors (Lipinski definition) is 2. The van der Waals surface area contributed by atoms with E-state index >= 15 is 0 Å². The number of anilines is 1. The second-order valence-electron chi connectivity index (χ2n) is 3.72. The first-order valence-corrected chi connectivity index (χ1v) is 5.78. The summed E-state index contributed by atoms with van der Waals surface area (Å²) < 4.78 is 4.98. The van der Waals surface area contributed by atoms with Crippen molar-refractivity contribution in [3.8, 4) is 11.5 Å². The molecule has 2 rings (SSSR count). The second-order valence-corrected chi connectivity index (χ2v) is 4.12. The Morgan fingerprint density at radius 3 is 2.89 bits per heavy atom. The summed E-state index contributed by atoms with van der Waals surface area (Å²) in [6.45, 7) is 0.545. The number of halogens is 1. The first kappa shape index (κ1) is 12.5. The van der Waals surface area contributed by atoms with Crippen molar-refractivity contribution < 1.29 is 9.84 Å². The Hall–Kier alpha value is -1.94. The van der Waals surface area contributed by atoms with Gasteiger partial charge in [0, 0.05) is 12.7 Å². The number of pyridine rings is 1. The molecular weight excluding hydrogens is 252 g/mol. The zero-order valence-corrected chi connectivity index (χ0v) is 10.6. The highest BCUT2D eigenvalue weighted by Gasteiger charge is 2.03. The molecule has 0 aliphatic carbocycles. The van der Waals surface area contributed by atoms with Crippen LogP contribution in [0.4, 0.5) is 5.69 Å².